The molecule has 0 spiro atoms. The van der Waals surface area contributed by atoms with E-state index in [0.717, 1.165) is 35.5 Å². The highest BCUT2D eigenvalue weighted by Crippen LogP contribution is 2.31. The quantitative estimate of drug-likeness (QED) is 0.279. The van der Waals surface area contributed by atoms with Crippen LogP contribution >= 0.6 is 11.8 Å². The second-order valence-electron chi connectivity index (χ2n) is 8.92. The number of imidazole rings is 1. The van der Waals surface area contributed by atoms with Gasteiger partial charge in [0.25, 0.3) is 0 Å². The predicted octanol–water partition coefficient (Wildman–Crippen LogP) is 5.05. The van der Waals surface area contributed by atoms with Gasteiger partial charge in [-0.1, -0.05) is 36.9 Å². The molecule has 0 amide bonds. The van der Waals surface area contributed by atoms with E-state index in [0.29, 0.717) is 60.5 Å². The van der Waals surface area contributed by atoms with Crippen molar-refractivity contribution in [3.63, 3.8) is 0 Å². The number of ether oxygens (including phenoxy) is 1. The van der Waals surface area contributed by atoms with Gasteiger partial charge in [0.2, 0.25) is 10.0 Å². The van der Waals surface area contributed by atoms with Crippen molar-refractivity contribution in [2.45, 2.75) is 55.5 Å². The third-order valence-corrected chi connectivity index (χ3v) is 9.20. The van der Waals surface area contributed by atoms with Gasteiger partial charge in [0.1, 0.15) is 0 Å². The van der Waals surface area contributed by atoms with Crippen molar-refractivity contribution in [1.82, 2.24) is 13.9 Å². The Morgan fingerprint density at radius 2 is 2.09 bits per heavy atom. The number of benzene rings is 2. The van der Waals surface area contributed by atoms with Gasteiger partial charge in [0.15, 0.2) is 5.16 Å². The van der Waals surface area contributed by atoms with Crippen LogP contribution in [0, 0.1) is 17.2 Å². The number of thioether (sulfide) groups is 1. The summed E-state index contributed by atoms with van der Waals surface area (Å²) in [5, 5.41) is 10.2. The van der Waals surface area contributed by atoms with Crippen LogP contribution in [0.5, 0.6) is 0 Å². The second-order valence-corrected chi connectivity index (χ2v) is 11.8. The van der Waals surface area contributed by atoms with E-state index in [-0.39, 0.29) is 0 Å². The molecule has 0 saturated carbocycles. The molecule has 35 heavy (non-hydrogen) atoms. The Bertz CT molecular complexity index is 1310. The van der Waals surface area contributed by atoms with Crippen LogP contribution in [0.2, 0.25) is 0 Å². The van der Waals surface area contributed by atoms with Crippen LogP contribution in [0.3, 0.4) is 0 Å². The molecule has 1 aromatic heterocycles. The Labute approximate surface area is 212 Å². The molecule has 0 N–H and O–H groups in total. The van der Waals surface area contributed by atoms with Crippen molar-refractivity contribution in [2.75, 3.05) is 26.3 Å². The van der Waals surface area contributed by atoms with Gasteiger partial charge in [-0.15, -0.1) is 0 Å². The molecule has 186 valence electrons. The van der Waals surface area contributed by atoms with Gasteiger partial charge in [-0.05, 0) is 61.9 Å². The maximum absolute atomic E-state index is 13.3. The molecular weight excluding hydrogens is 480 g/mol. The molecule has 1 unspecified atom stereocenters. The smallest absolute Gasteiger partial charge is 0.243 e. The Morgan fingerprint density at radius 1 is 1.26 bits per heavy atom. The van der Waals surface area contributed by atoms with Gasteiger partial charge >= 0.3 is 0 Å². The number of nitriles is 1. The SMILES string of the molecule is CCOCCCn1c(SCc2ccccc2C#N)nc2cc(S(=O)(=O)N3CCCC(C)C3)ccc21. The molecule has 1 fully saturated rings. The first kappa shape index (κ1) is 25.7. The number of hydrogen-bond donors (Lipinski definition) is 0. The largest absolute Gasteiger partial charge is 0.382 e. The molecule has 0 radical (unpaired) electrons. The highest BCUT2D eigenvalue weighted by atomic mass is 32.2. The van der Waals surface area contributed by atoms with Crippen molar-refractivity contribution in [2.24, 2.45) is 5.92 Å². The first-order valence-electron chi connectivity index (χ1n) is 12.1. The zero-order valence-corrected chi connectivity index (χ0v) is 21.9. The zero-order chi connectivity index (χ0) is 24.8. The van der Waals surface area contributed by atoms with Crippen LogP contribution in [0.1, 0.15) is 44.2 Å². The Morgan fingerprint density at radius 3 is 2.86 bits per heavy atom. The minimum absolute atomic E-state index is 0.296. The zero-order valence-electron chi connectivity index (χ0n) is 20.3. The molecule has 1 saturated heterocycles. The molecule has 0 aliphatic carbocycles. The molecule has 9 heteroatoms. The maximum Gasteiger partial charge on any atom is 0.243 e. The van der Waals surface area contributed by atoms with Gasteiger partial charge in [-0.25, -0.2) is 13.4 Å². The Balaban J connectivity index is 1.64. The predicted molar refractivity (Wildman–Crippen MR) is 139 cm³/mol. The van der Waals surface area contributed by atoms with Gasteiger partial charge in [-0.2, -0.15) is 9.57 Å². The van der Waals surface area contributed by atoms with Crippen molar-refractivity contribution in [3.8, 4) is 6.07 Å². The number of piperidine rings is 1. The van der Waals surface area contributed by atoms with E-state index in [4.69, 9.17) is 9.72 Å². The maximum atomic E-state index is 13.3. The topological polar surface area (TPSA) is 88.2 Å². The lowest BCUT2D eigenvalue weighted by Crippen LogP contribution is -2.39. The first-order chi connectivity index (χ1) is 16.9. The summed E-state index contributed by atoms with van der Waals surface area (Å²) in [5.74, 6) is 0.973. The number of nitrogens with zero attached hydrogens (tertiary/aromatic N) is 4. The van der Waals surface area contributed by atoms with Crippen LogP contribution in [0.15, 0.2) is 52.5 Å². The molecule has 3 aromatic rings. The van der Waals surface area contributed by atoms with E-state index in [2.05, 4.69) is 17.6 Å². The highest BCUT2D eigenvalue weighted by molar-refractivity contribution is 7.98. The third kappa shape index (κ3) is 5.89. The van der Waals surface area contributed by atoms with E-state index >= 15 is 0 Å². The summed E-state index contributed by atoms with van der Waals surface area (Å²) in [6.07, 6.45) is 2.78. The molecule has 2 heterocycles. The fourth-order valence-corrected chi connectivity index (χ4v) is 7.12. The fourth-order valence-electron chi connectivity index (χ4n) is 4.45. The first-order valence-corrected chi connectivity index (χ1v) is 14.6. The number of hydrogen-bond acceptors (Lipinski definition) is 6. The van der Waals surface area contributed by atoms with E-state index < -0.39 is 10.0 Å². The summed E-state index contributed by atoms with van der Waals surface area (Å²) in [5.41, 5.74) is 3.19. The Kier molecular flexibility index (Phi) is 8.50. The summed E-state index contributed by atoms with van der Waals surface area (Å²) in [6.45, 7) is 7.25. The lowest BCUT2D eigenvalue weighted by atomic mass is 10.0. The summed E-state index contributed by atoms with van der Waals surface area (Å²) in [6, 6.07) is 15.1. The number of rotatable bonds is 10. The van der Waals surface area contributed by atoms with Gasteiger partial charge in [0.05, 0.1) is 27.6 Å². The van der Waals surface area contributed by atoms with Crippen molar-refractivity contribution in [3.05, 3.63) is 53.6 Å². The molecule has 2 aromatic carbocycles. The monoisotopic (exact) mass is 512 g/mol. The molecular formula is C26H32N4O3S2. The summed E-state index contributed by atoms with van der Waals surface area (Å²) in [7, 11) is -3.56. The third-order valence-electron chi connectivity index (χ3n) is 6.31. The number of aromatic nitrogens is 2. The lowest BCUT2D eigenvalue weighted by Gasteiger charge is -2.30. The van der Waals surface area contributed by atoms with E-state index in [1.165, 1.54) is 0 Å². The molecule has 7 nitrogen and oxygen atoms in total. The van der Waals surface area contributed by atoms with Crippen LogP contribution < -0.4 is 0 Å². The number of sulfonamides is 1. The molecule has 0 bridgehead atoms. The van der Waals surface area contributed by atoms with Crippen molar-refractivity contribution >= 4 is 32.8 Å². The fraction of sp³-hybridized carbons (Fsp3) is 0.462. The molecule has 1 atom stereocenters. The van der Waals surface area contributed by atoms with E-state index in [9.17, 15) is 13.7 Å². The van der Waals surface area contributed by atoms with Gasteiger partial charge in [0, 0.05) is 38.6 Å². The van der Waals surface area contributed by atoms with Crippen LogP contribution in [0.25, 0.3) is 11.0 Å². The molecule has 1 aliphatic heterocycles. The molecule has 1 aliphatic rings. The van der Waals surface area contributed by atoms with Crippen molar-refractivity contribution < 1.29 is 13.2 Å². The van der Waals surface area contributed by atoms with Crippen molar-refractivity contribution in [1.29, 1.82) is 5.26 Å². The van der Waals surface area contributed by atoms with Crippen LogP contribution in [-0.2, 0) is 27.1 Å². The average Bonchev–Trinajstić information content (AvgIpc) is 3.22. The lowest BCUT2D eigenvalue weighted by molar-refractivity contribution is 0.141. The van der Waals surface area contributed by atoms with Gasteiger partial charge < -0.3 is 9.30 Å². The summed E-state index contributed by atoms with van der Waals surface area (Å²) >= 11 is 1.56. The summed E-state index contributed by atoms with van der Waals surface area (Å²) in [4.78, 5) is 5.13. The van der Waals surface area contributed by atoms with Crippen LogP contribution in [-0.4, -0.2) is 48.6 Å². The van der Waals surface area contributed by atoms with E-state index in [1.807, 2.05) is 37.3 Å². The normalized spacial score (nSPS) is 17.0. The van der Waals surface area contributed by atoms with E-state index in [1.54, 1.807) is 28.2 Å². The standard InChI is InChI=1S/C26H32N4O3S2/c1-3-33-15-7-14-30-25-12-11-23(35(31,32)29-13-6-8-20(2)18-29)16-24(25)28-26(30)34-19-22-10-5-4-9-21(22)17-27/h4-5,9-12,16,20H,3,6-8,13-15,18-19H2,1-2H3. The second kappa shape index (κ2) is 11.6. The minimum Gasteiger partial charge on any atom is -0.382 e. The highest BCUT2D eigenvalue weighted by Gasteiger charge is 2.29. The summed E-state index contributed by atoms with van der Waals surface area (Å²) < 4.78 is 35.9. The number of aryl methyl sites for hydroxylation is 1. The number of fused-ring (bicyclic) bond motifs is 1. The van der Waals surface area contributed by atoms with Crippen LogP contribution in [0.4, 0.5) is 0 Å². The minimum atomic E-state index is -3.56. The molecule has 4 rings (SSSR count). The average molecular weight is 513 g/mol. The Hall–Kier alpha value is -2.38. The van der Waals surface area contributed by atoms with Gasteiger partial charge in [-0.3, -0.25) is 0 Å².